The lowest BCUT2D eigenvalue weighted by Crippen LogP contribution is -2.46. The van der Waals surface area contributed by atoms with Gasteiger partial charge >= 0.3 is 18.0 Å². The molecular weight excluding hydrogens is 658 g/mol. The normalized spacial score (nSPS) is 13.3. The lowest BCUT2D eigenvalue weighted by Gasteiger charge is -2.24. The van der Waals surface area contributed by atoms with Crippen LogP contribution in [0.1, 0.15) is 59.3 Å². The number of ether oxygens (including phenoxy) is 3. The second kappa shape index (κ2) is 13.4. The lowest BCUT2D eigenvalue weighted by atomic mass is 9.98. The van der Waals surface area contributed by atoms with Crippen LogP contribution >= 0.6 is 0 Å². The number of fused-ring (bicyclic) bond motifs is 4. The van der Waals surface area contributed by atoms with Gasteiger partial charge < -0.3 is 19.5 Å². The van der Waals surface area contributed by atoms with Gasteiger partial charge in [-0.3, -0.25) is 0 Å². The molecule has 1 aliphatic rings. The quantitative estimate of drug-likeness (QED) is 0.142. The zero-order chi connectivity index (χ0) is 35.8. The van der Waals surface area contributed by atoms with Crippen molar-refractivity contribution in [1.29, 1.82) is 0 Å². The van der Waals surface area contributed by atoms with E-state index in [4.69, 9.17) is 14.2 Å². The highest BCUT2D eigenvalue weighted by Crippen LogP contribution is 2.44. The van der Waals surface area contributed by atoms with E-state index in [1.54, 1.807) is 32.9 Å². The summed E-state index contributed by atoms with van der Waals surface area (Å²) in [6, 6.07) is 22.3. The predicted molar refractivity (Wildman–Crippen MR) is 186 cm³/mol. The maximum absolute atomic E-state index is 13.9. The number of methoxy groups -OCH3 is 1. The topological polar surface area (TPSA) is 143 Å². The minimum Gasteiger partial charge on any atom is -0.465 e. The van der Waals surface area contributed by atoms with E-state index in [2.05, 4.69) is 10.3 Å². The van der Waals surface area contributed by atoms with E-state index in [-0.39, 0.29) is 40.4 Å². The average molecular weight is 696 g/mol. The van der Waals surface area contributed by atoms with Crippen LogP contribution in [-0.2, 0) is 35.4 Å². The number of rotatable bonds is 9. The van der Waals surface area contributed by atoms with Gasteiger partial charge in [0.2, 0.25) is 0 Å². The van der Waals surface area contributed by atoms with E-state index in [1.807, 2.05) is 55.5 Å². The van der Waals surface area contributed by atoms with E-state index in [9.17, 15) is 22.8 Å². The Bertz CT molecular complexity index is 2170. The van der Waals surface area contributed by atoms with Gasteiger partial charge in [-0.2, -0.15) is 0 Å². The first-order valence-corrected chi connectivity index (χ1v) is 17.5. The fourth-order valence-corrected chi connectivity index (χ4v) is 7.46. The zero-order valence-corrected chi connectivity index (χ0v) is 29.1. The Kier molecular flexibility index (Phi) is 9.23. The van der Waals surface area contributed by atoms with Gasteiger partial charge in [0.15, 0.2) is 5.65 Å². The first kappa shape index (κ1) is 34.4. The largest absolute Gasteiger partial charge is 0.465 e. The molecule has 0 bridgehead atoms. The molecule has 258 valence electrons. The number of carbonyl (C=O) groups is 3. The predicted octanol–water partition coefficient (Wildman–Crippen LogP) is 6.16. The van der Waals surface area contributed by atoms with Crippen LogP contribution in [0.5, 0.6) is 0 Å². The number of benzene rings is 3. The maximum atomic E-state index is 13.9. The number of amides is 1. The van der Waals surface area contributed by atoms with Crippen molar-refractivity contribution in [2.75, 3.05) is 13.7 Å². The summed E-state index contributed by atoms with van der Waals surface area (Å²) in [5.41, 5.74) is 4.58. The molecule has 6 rings (SSSR count). The van der Waals surface area contributed by atoms with Crippen molar-refractivity contribution >= 4 is 39.1 Å². The molecule has 12 heteroatoms. The van der Waals surface area contributed by atoms with Gasteiger partial charge in [-0.15, -0.1) is 0 Å². The lowest BCUT2D eigenvalue weighted by molar-refractivity contribution is -0.157. The van der Waals surface area contributed by atoms with Crippen molar-refractivity contribution in [1.82, 2.24) is 14.3 Å². The SMILES string of the molecule is COC(=O)c1cnc2c(c1)c(C[C@H](NC(=O)OCC1c3ccccc3-c3ccccc31)C(=O)OC(C)(C)C)cn2S(=O)(=O)c1ccc(C)cc1. The summed E-state index contributed by atoms with van der Waals surface area (Å²) < 4.78 is 45.0. The number of hydrogen-bond acceptors (Lipinski definition) is 9. The summed E-state index contributed by atoms with van der Waals surface area (Å²) in [5.74, 6) is -1.65. The van der Waals surface area contributed by atoms with Crippen molar-refractivity contribution in [2.45, 2.75) is 56.6 Å². The summed E-state index contributed by atoms with van der Waals surface area (Å²) in [6.45, 7) is 6.95. The number of aryl methyl sites for hydroxylation is 1. The molecule has 1 aliphatic carbocycles. The monoisotopic (exact) mass is 695 g/mol. The molecule has 2 aromatic heterocycles. The summed E-state index contributed by atoms with van der Waals surface area (Å²) in [5, 5.41) is 2.92. The number of pyridine rings is 1. The summed E-state index contributed by atoms with van der Waals surface area (Å²) in [4.78, 5) is 43.8. The van der Waals surface area contributed by atoms with Crippen LogP contribution in [0.4, 0.5) is 4.79 Å². The molecule has 2 heterocycles. The van der Waals surface area contributed by atoms with Gasteiger partial charge in [0.1, 0.15) is 18.2 Å². The second-order valence-corrected chi connectivity index (χ2v) is 14.9. The average Bonchev–Trinajstić information content (AvgIpc) is 3.61. The Morgan fingerprint density at radius 2 is 1.56 bits per heavy atom. The Labute approximate surface area is 290 Å². The highest BCUT2D eigenvalue weighted by molar-refractivity contribution is 7.90. The summed E-state index contributed by atoms with van der Waals surface area (Å²) in [7, 11) is -2.95. The zero-order valence-electron chi connectivity index (χ0n) is 28.3. The Morgan fingerprint density at radius 3 is 2.16 bits per heavy atom. The molecule has 0 saturated heterocycles. The number of esters is 2. The molecule has 0 spiro atoms. The minimum atomic E-state index is -4.17. The second-order valence-electron chi connectivity index (χ2n) is 13.1. The van der Waals surface area contributed by atoms with Gasteiger partial charge in [0.05, 0.1) is 17.6 Å². The molecule has 0 radical (unpaired) electrons. The number of alkyl carbamates (subject to hydrolysis) is 1. The molecule has 3 aromatic carbocycles. The third-order valence-corrected chi connectivity index (χ3v) is 10.1. The van der Waals surface area contributed by atoms with Crippen LogP contribution in [0.25, 0.3) is 22.2 Å². The number of nitrogens with zero attached hydrogens (tertiary/aromatic N) is 2. The fraction of sp³-hybridized carbons (Fsp3) is 0.263. The van der Waals surface area contributed by atoms with Gasteiger partial charge in [-0.05, 0) is 73.7 Å². The van der Waals surface area contributed by atoms with Crippen molar-refractivity contribution in [2.24, 2.45) is 0 Å². The summed E-state index contributed by atoms with van der Waals surface area (Å²) in [6.07, 6.45) is 1.50. The van der Waals surface area contributed by atoms with Crippen molar-refractivity contribution in [3.05, 3.63) is 119 Å². The number of carbonyl (C=O) groups excluding carboxylic acids is 3. The molecule has 0 saturated carbocycles. The van der Waals surface area contributed by atoms with Crippen LogP contribution in [-0.4, -0.2) is 60.8 Å². The highest BCUT2D eigenvalue weighted by Gasteiger charge is 2.33. The number of aromatic nitrogens is 2. The Hall–Kier alpha value is -5.49. The molecule has 0 aliphatic heterocycles. The number of nitrogens with one attached hydrogen (secondary N) is 1. The smallest absolute Gasteiger partial charge is 0.407 e. The van der Waals surface area contributed by atoms with Crippen LogP contribution in [0.2, 0.25) is 0 Å². The van der Waals surface area contributed by atoms with Crippen molar-refractivity contribution in [3.8, 4) is 11.1 Å². The summed E-state index contributed by atoms with van der Waals surface area (Å²) >= 11 is 0. The van der Waals surface area contributed by atoms with Crippen LogP contribution in [0.15, 0.2) is 96.2 Å². The van der Waals surface area contributed by atoms with Gasteiger partial charge in [0, 0.05) is 30.1 Å². The molecule has 5 aromatic rings. The van der Waals surface area contributed by atoms with Gasteiger partial charge in [-0.1, -0.05) is 66.2 Å². The van der Waals surface area contributed by atoms with Crippen LogP contribution in [0.3, 0.4) is 0 Å². The van der Waals surface area contributed by atoms with E-state index in [0.717, 1.165) is 31.8 Å². The third-order valence-electron chi connectivity index (χ3n) is 8.44. The van der Waals surface area contributed by atoms with Crippen LogP contribution in [0, 0.1) is 6.92 Å². The van der Waals surface area contributed by atoms with Gasteiger partial charge in [-0.25, -0.2) is 31.8 Å². The van der Waals surface area contributed by atoms with Crippen molar-refractivity contribution < 1.29 is 37.0 Å². The maximum Gasteiger partial charge on any atom is 0.407 e. The molecule has 1 atom stereocenters. The highest BCUT2D eigenvalue weighted by atomic mass is 32.2. The van der Waals surface area contributed by atoms with Gasteiger partial charge in [0.25, 0.3) is 10.0 Å². The molecule has 50 heavy (non-hydrogen) atoms. The van der Waals surface area contributed by atoms with Crippen LogP contribution < -0.4 is 5.32 Å². The molecule has 11 nitrogen and oxygen atoms in total. The molecule has 1 N–H and O–H groups in total. The molecular formula is C38H37N3O8S. The fourth-order valence-electron chi connectivity index (χ4n) is 6.11. The minimum absolute atomic E-state index is 0.0153. The first-order valence-electron chi connectivity index (χ1n) is 16.0. The van der Waals surface area contributed by atoms with E-state index in [0.29, 0.717) is 5.56 Å². The van der Waals surface area contributed by atoms with E-state index < -0.39 is 39.7 Å². The third kappa shape index (κ3) is 6.84. The Balaban J connectivity index is 1.33. The molecule has 1 amide bonds. The van der Waals surface area contributed by atoms with E-state index in [1.165, 1.54) is 37.7 Å². The molecule has 0 fully saturated rings. The van der Waals surface area contributed by atoms with E-state index >= 15 is 0 Å². The standard InChI is InChI=1S/C38H37N3O8S/c1-23-14-16-26(17-15-23)50(45,46)41-21-25(31-18-24(35(42)47-5)20-39-34(31)41)19-33(36(43)49-38(2,3)4)40-37(44)48-22-32-29-12-8-6-10-27(29)28-11-7-9-13-30(28)32/h6-18,20-21,32-33H,19,22H2,1-5H3,(H,40,44)/t33-/m0/s1. The Morgan fingerprint density at radius 1 is 0.940 bits per heavy atom. The number of hydrogen-bond donors (Lipinski definition) is 1. The first-order chi connectivity index (χ1) is 23.8. The molecule has 0 unspecified atom stereocenters. The van der Waals surface area contributed by atoms with Crippen molar-refractivity contribution in [3.63, 3.8) is 0 Å².